The van der Waals surface area contributed by atoms with Crippen LogP contribution in [0.2, 0.25) is 5.02 Å². The maximum absolute atomic E-state index is 12.8. The maximum atomic E-state index is 12.8. The summed E-state index contributed by atoms with van der Waals surface area (Å²) >= 11 is 5.35. The van der Waals surface area contributed by atoms with Gasteiger partial charge in [-0.25, -0.2) is 4.39 Å². The molecule has 84 valence electrons. The number of hydrogen-bond donors (Lipinski definition) is 1. The minimum absolute atomic E-state index is 0.0433. The number of aliphatic hydroxyl groups is 1. The second-order valence-electron chi connectivity index (χ2n) is 3.01. The standard InChI is InChI=1S/C9H7ClF4O/c10-6-2-1-5(3-7(6)11)4-8(15)9(12,13)14/h1-3,8,15H,4H2. The molecule has 0 bridgehead atoms. The van der Waals surface area contributed by atoms with Crippen molar-refractivity contribution >= 4 is 11.6 Å². The summed E-state index contributed by atoms with van der Waals surface area (Å²) in [5.74, 6) is -0.802. The lowest BCUT2D eigenvalue weighted by Crippen LogP contribution is -2.30. The third-order valence-electron chi connectivity index (χ3n) is 1.79. The van der Waals surface area contributed by atoms with Gasteiger partial charge in [0.1, 0.15) is 5.82 Å². The molecule has 0 aliphatic carbocycles. The Bertz CT molecular complexity index is 350. The van der Waals surface area contributed by atoms with Crippen LogP contribution in [0.5, 0.6) is 0 Å². The molecule has 0 aliphatic rings. The van der Waals surface area contributed by atoms with Crippen LogP contribution in [-0.4, -0.2) is 17.4 Å². The predicted octanol–water partition coefficient (Wildman–Crippen LogP) is 2.94. The third-order valence-corrected chi connectivity index (χ3v) is 2.10. The molecule has 0 radical (unpaired) electrons. The highest BCUT2D eigenvalue weighted by Crippen LogP contribution is 2.24. The van der Waals surface area contributed by atoms with Crippen LogP contribution in [0, 0.1) is 5.82 Å². The van der Waals surface area contributed by atoms with Crippen LogP contribution < -0.4 is 0 Å². The van der Waals surface area contributed by atoms with E-state index in [0.717, 1.165) is 12.1 Å². The van der Waals surface area contributed by atoms with Crippen molar-refractivity contribution in [3.8, 4) is 0 Å². The average molecular weight is 243 g/mol. The molecule has 0 amide bonds. The van der Waals surface area contributed by atoms with Gasteiger partial charge in [0.05, 0.1) is 5.02 Å². The molecule has 1 nitrogen and oxygen atoms in total. The Kier molecular flexibility index (Phi) is 3.57. The van der Waals surface area contributed by atoms with E-state index >= 15 is 0 Å². The fraction of sp³-hybridized carbons (Fsp3) is 0.333. The smallest absolute Gasteiger partial charge is 0.383 e. The SMILES string of the molecule is OC(Cc1ccc(Cl)c(F)c1)C(F)(F)F. The Hall–Kier alpha value is -0.810. The van der Waals surface area contributed by atoms with E-state index < -0.39 is 24.5 Å². The molecule has 0 heterocycles. The molecular formula is C9H7ClF4O. The Balaban J connectivity index is 2.78. The van der Waals surface area contributed by atoms with Gasteiger partial charge in [0.15, 0.2) is 6.10 Å². The number of hydrogen-bond acceptors (Lipinski definition) is 1. The second-order valence-corrected chi connectivity index (χ2v) is 3.42. The van der Waals surface area contributed by atoms with E-state index in [1.807, 2.05) is 0 Å². The van der Waals surface area contributed by atoms with Crippen LogP contribution in [0.25, 0.3) is 0 Å². The molecule has 1 unspecified atom stereocenters. The van der Waals surface area contributed by atoms with E-state index in [2.05, 4.69) is 0 Å². The minimum Gasteiger partial charge on any atom is -0.383 e. The van der Waals surface area contributed by atoms with Gasteiger partial charge >= 0.3 is 6.18 Å². The van der Waals surface area contributed by atoms with E-state index in [9.17, 15) is 17.6 Å². The summed E-state index contributed by atoms with van der Waals surface area (Å²) in [5, 5.41) is 8.55. The van der Waals surface area contributed by atoms with Gasteiger partial charge in [0.2, 0.25) is 0 Å². The number of aliphatic hydroxyl groups excluding tert-OH is 1. The van der Waals surface area contributed by atoms with Crippen molar-refractivity contribution in [1.82, 2.24) is 0 Å². The molecule has 6 heteroatoms. The lowest BCUT2D eigenvalue weighted by atomic mass is 10.1. The van der Waals surface area contributed by atoms with Gasteiger partial charge in [-0.3, -0.25) is 0 Å². The van der Waals surface area contributed by atoms with Gasteiger partial charge in [-0.1, -0.05) is 17.7 Å². The van der Waals surface area contributed by atoms with Crippen molar-refractivity contribution in [2.45, 2.75) is 18.7 Å². The van der Waals surface area contributed by atoms with Gasteiger partial charge in [0.25, 0.3) is 0 Å². The van der Waals surface area contributed by atoms with Crippen LogP contribution in [0.15, 0.2) is 18.2 Å². The van der Waals surface area contributed by atoms with E-state index in [-0.39, 0.29) is 10.6 Å². The first-order valence-electron chi connectivity index (χ1n) is 3.99. The van der Waals surface area contributed by atoms with Crippen LogP contribution in [0.3, 0.4) is 0 Å². The summed E-state index contributed by atoms with van der Waals surface area (Å²) in [6.45, 7) is 0. The van der Waals surface area contributed by atoms with E-state index in [4.69, 9.17) is 16.7 Å². The number of rotatable bonds is 2. The molecule has 1 aromatic carbocycles. The molecule has 1 atom stereocenters. The topological polar surface area (TPSA) is 20.2 Å². The summed E-state index contributed by atoms with van der Waals surface area (Å²) in [6, 6.07) is 3.26. The monoisotopic (exact) mass is 242 g/mol. The zero-order valence-electron chi connectivity index (χ0n) is 7.35. The summed E-state index contributed by atoms with van der Waals surface area (Å²) in [7, 11) is 0. The number of alkyl halides is 3. The molecule has 1 aromatic rings. The molecule has 0 fully saturated rings. The average Bonchev–Trinajstić information content (AvgIpc) is 2.10. The van der Waals surface area contributed by atoms with Crippen molar-refractivity contribution in [3.05, 3.63) is 34.6 Å². The summed E-state index contributed by atoms with van der Waals surface area (Å²) < 4.78 is 48.7. The van der Waals surface area contributed by atoms with E-state index in [1.165, 1.54) is 6.07 Å². The molecule has 0 saturated heterocycles. The molecule has 1 rings (SSSR count). The van der Waals surface area contributed by atoms with Crippen LogP contribution in [-0.2, 0) is 6.42 Å². The summed E-state index contributed by atoms with van der Waals surface area (Å²) in [4.78, 5) is 0. The fourth-order valence-electron chi connectivity index (χ4n) is 1.01. The first-order valence-corrected chi connectivity index (χ1v) is 4.37. The zero-order chi connectivity index (χ0) is 11.6. The highest BCUT2D eigenvalue weighted by atomic mass is 35.5. The van der Waals surface area contributed by atoms with Crippen molar-refractivity contribution in [3.63, 3.8) is 0 Å². The predicted molar refractivity (Wildman–Crippen MR) is 47.2 cm³/mol. The molecule has 15 heavy (non-hydrogen) atoms. The lowest BCUT2D eigenvalue weighted by Gasteiger charge is -2.14. The number of halogens is 5. The van der Waals surface area contributed by atoms with Gasteiger partial charge < -0.3 is 5.11 Å². The van der Waals surface area contributed by atoms with Crippen molar-refractivity contribution in [1.29, 1.82) is 0 Å². The molecule has 0 aliphatic heterocycles. The first kappa shape index (κ1) is 12.3. The van der Waals surface area contributed by atoms with Crippen molar-refractivity contribution < 1.29 is 22.7 Å². The zero-order valence-corrected chi connectivity index (χ0v) is 8.11. The van der Waals surface area contributed by atoms with Gasteiger partial charge in [-0.15, -0.1) is 0 Å². The third kappa shape index (κ3) is 3.35. The molecule has 0 spiro atoms. The van der Waals surface area contributed by atoms with E-state index in [0.29, 0.717) is 0 Å². The van der Waals surface area contributed by atoms with Crippen LogP contribution in [0.1, 0.15) is 5.56 Å². The summed E-state index contributed by atoms with van der Waals surface area (Å²) in [6.07, 6.45) is -7.87. The highest BCUT2D eigenvalue weighted by Gasteiger charge is 2.37. The Morgan fingerprint density at radius 1 is 1.33 bits per heavy atom. The highest BCUT2D eigenvalue weighted by molar-refractivity contribution is 6.30. The Morgan fingerprint density at radius 3 is 2.40 bits per heavy atom. The van der Waals surface area contributed by atoms with Crippen LogP contribution >= 0.6 is 11.6 Å². The molecular weight excluding hydrogens is 236 g/mol. The van der Waals surface area contributed by atoms with Gasteiger partial charge in [0, 0.05) is 6.42 Å². The largest absolute Gasteiger partial charge is 0.414 e. The quantitative estimate of drug-likeness (QED) is 0.791. The maximum Gasteiger partial charge on any atom is 0.414 e. The van der Waals surface area contributed by atoms with Gasteiger partial charge in [-0.2, -0.15) is 13.2 Å². The molecule has 1 N–H and O–H groups in total. The first-order chi connectivity index (χ1) is 6.80. The second kappa shape index (κ2) is 4.37. The molecule has 0 saturated carbocycles. The summed E-state index contributed by atoms with van der Waals surface area (Å²) in [5.41, 5.74) is 0.0433. The van der Waals surface area contributed by atoms with Crippen LogP contribution in [0.4, 0.5) is 17.6 Å². The fourth-order valence-corrected chi connectivity index (χ4v) is 1.12. The van der Waals surface area contributed by atoms with Gasteiger partial charge in [-0.05, 0) is 17.7 Å². The Labute approximate surface area is 88.3 Å². The minimum atomic E-state index is -4.70. The number of benzene rings is 1. The molecule has 0 aromatic heterocycles. The van der Waals surface area contributed by atoms with E-state index in [1.54, 1.807) is 0 Å². The Morgan fingerprint density at radius 2 is 1.93 bits per heavy atom. The normalized spacial score (nSPS) is 14.0. The van der Waals surface area contributed by atoms with Crippen molar-refractivity contribution in [2.75, 3.05) is 0 Å². The van der Waals surface area contributed by atoms with Crippen molar-refractivity contribution in [2.24, 2.45) is 0 Å². The lowest BCUT2D eigenvalue weighted by molar-refractivity contribution is -0.203.